The molecule has 2 unspecified atom stereocenters. The molecule has 1 aromatic rings. The Balaban J connectivity index is 2.10. The molecule has 1 fully saturated rings. The van der Waals surface area contributed by atoms with Crippen LogP contribution >= 0.6 is 11.6 Å². The third kappa shape index (κ3) is 3.56. The molecule has 1 aliphatic carbocycles. The minimum absolute atomic E-state index is 0.0959. The number of carbonyl (C=O) groups excluding carboxylic acids is 1. The Kier molecular flexibility index (Phi) is 4.58. The van der Waals surface area contributed by atoms with Crippen molar-refractivity contribution in [3.63, 3.8) is 0 Å². The van der Waals surface area contributed by atoms with E-state index in [1.165, 1.54) is 18.2 Å². The molecule has 1 aliphatic rings. The first-order valence-electron chi connectivity index (χ1n) is 6.06. The van der Waals surface area contributed by atoms with Gasteiger partial charge in [0.05, 0.1) is 10.9 Å². The van der Waals surface area contributed by atoms with Crippen LogP contribution < -0.4 is 10.1 Å². The number of hydrogen-bond acceptors (Lipinski definition) is 2. The maximum Gasteiger partial charge on any atom is 0.387 e. The molecule has 2 rings (SSSR count). The van der Waals surface area contributed by atoms with Crippen LogP contribution in [0.2, 0.25) is 0 Å². The van der Waals surface area contributed by atoms with Gasteiger partial charge in [0.15, 0.2) is 0 Å². The summed E-state index contributed by atoms with van der Waals surface area (Å²) in [6, 6.07) is 5.81. The average Bonchev–Trinajstić information content (AvgIpc) is 2.75. The average molecular weight is 290 g/mol. The van der Waals surface area contributed by atoms with Crippen LogP contribution in [0.15, 0.2) is 24.3 Å². The fourth-order valence-corrected chi connectivity index (χ4v) is 2.52. The third-order valence-corrected chi connectivity index (χ3v) is 3.62. The predicted molar refractivity (Wildman–Crippen MR) is 67.8 cm³/mol. The van der Waals surface area contributed by atoms with Gasteiger partial charge in [-0.05, 0) is 31.4 Å². The summed E-state index contributed by atoms with van der Waals surface area (Å²) in [6.07, 6.45) is 2.60. The van der Waals surface area contributed by atoms with E-state index in [1.807, 2.05) is 0 Å². The summed E-state index contributed by atoms with van der Waals surface area (Å²) in [5.41, 5.74) is 0.0959. The molecule has 1 aromatic carbocycles. The number of carbonyl (C=O) groups is 1. The Hall–Kier alpha value is -1.36. The Morgan fingerprint density at radius 1 is 1.37 bits per heavy atom. The van der Waals surface area contributed by atoms with Gasteiger partial charge >= 0.3 is 6.61 Å². The molecule has 0 saturated heterocycles. The van der Waals surface area contributed by atoms with Crippen LogP contribution in [0.25, 0.3) is 0 Å². The molecule has 1 saturated carbocycles. The van der Waals surface area contributed by atoms with Crippen molar-refractivity contribution in [2.45, 2.75) is 37.3 Å². The van der Waals surface area contributed by atoms with Gasteiger partial charge in [-0.15, -0.1) is 11.6 Å². The van der Waals surface area contributed by atoms with Crippen LogP contribution in [0.4, 0.5) is 8.78 Å². The molecule has 0 heterocycles. The molecule has 0 radical (unpaired) electrons. The zero-order valence-corrected chi connectivity index (χ0v) is 10.9. The lowest BCUT2D eigenvalue weighted by atomic mass is 10.1. The van der Waals surface area contributed by atoms with Crippen molar-refractivity contribution in [3.05, 3.63) is 29.8 Å². The van der Waals surface area contributed by atoms with Crippen molar-refractivity contribution in [2.75, 3.05) is 0 Å². The first-order chi connectivity index (χ1) is 9.08. The van der Waals surface area contributed by atoms with E-state index in [0.717, 1.165) is 19.3 Å². The van der Waals surface area contributed by atoms with E-state index in [1.54, 1.807) is 6.07 Å². The minimum Gasteiger partial charge on any atom is -0.434 e. The second-order valence-electron chi connectivity index (χ2n) is 4.40. The SMILES string of the molecule is O=C(NC1CCCC1Cl)c1ccccc1OC(F)F. The van der Waals surface area contributed by atoms with E-state index in [2.05, 4.69) is 10.1 Å². The smallest absolute Gasteiger partial charge is 0.387 e. The second kappa shape index (κ2) is 6.19. The lowest BCUT2D eigenvalue weighted by molar-refractivity contribution is -0.0501. The van der Waals surface area contributed by atoms with E-state index >= 15 is 0 Å². The summed E-state index contributed by atoms with van der Waals surface area (Å²) in [4.78, 5) is 12.1. The van der Waals surface area contributed by atoms with Gasteiger partial charge in [0.1, 0.15) is 5.75 Å². The quantitative estimate of drug-likeness (QED) is 0.865. The van der Waals surface area contributed by atoms with E-state index in [9.17, 15) is 13.6 Å². The summed E-state index contributed by atoms with van der Waals surface area (Å²) in [5, 5.41) is 2.66. The number of ether oxygens (including phenoxy) is 1. The maximum atomic E-state index is 12.3. The lowest BCUT2D eigenvalue weighted by Gasteiger charge is -2.17. The van der Waals surface area contributed by atoms with Gasteiger partial charge < -0.3 is 10.1 Å². The van der Waals surface area contributed by atoms with Gasteiger partial charge in [-0.2, -0.15) is 8.78 Å². The predicted octanol–water partition coefficient (Wildman–Crippen LogP) is 3.18. The van der Waals surface area contributed by atoms with Gasteiger partial charge in [-0.3, -0.25) is 4.79 Å². The van der Waals surface area contributed by atoms with Gasteiger partial charge in [0.2, 0.25) is 0 Å². The van der Waals surface area contributed by atoms with Crippen molar-refractivity contribution < 1.29 is 18.3 Å². The Bertz CT molecular complexity index is 456. The van der Waals surface area contributed by atoms with Crippen LogP contribution in [0, 0.1) is 0 Å². The number of benzene rings is 1. The molecule has 2 atom stereocenters. The molecule has 6 heteroatoms. The molecular weight excluding hydrogens is 276 g/mol. The van der Waals surface area contributed by atoms with Gasteiger partial charge in [-0.25, -0.2) is 0 Å². The first kappa shape index (κ1) is 14.1. The molecule has 104 valence electrons. The summed E-state index contributed by atoms with van der Waals surface area (Å²) < 4.78 is 28.8. The number of para-hydroxylation sites is 1. The van der Waals surface area contributed by atoms with Crippen LogP contribution in [-0.2, 0) is 0 Å². The summed E-state index contributed by atoms with van der Waals surface area (Å²) in [7, 11) is 0. The molecule has 1 amide bonds. The summed E-state index contributed by atoms with van der Waals surface area (Å²) in [6.45, 7) is -2.96. The highest BCUT2D eigenvalue weighted by molar-refractivity contribution is 6.21. The number of rotatable bonds is 4. The highest BCUT2D eigenvalue weighted by Gasteiger charge is 2.27. The lowest BCUT2D eigenvalue weighted by Crippen LogP contribution is -2.38. The minimum atomic E-state index is -2.96. The zero-order chi connectivity index (χ0) is 13.8. The number of halogens is 3. The number of amides is 1. The zero-order valence-electron chi connectivity index (χ0n) is 10.1. The second-order valence-corrected chi connectivity index (χ2v) is 4.96. The molecule has 0 aromatic heterocycles. The monoisotopic (exact) mass is 289 g/mol. The Morgan fingerprint density at radius 3 is 2.74 bits per heavy atom. The van der Waals surface area contributed by atoms with Gasteiger partial charge in [0.25, 0.3) is 5.91 Å². The maximum absolute atomic E-state index is 12.3. The summed E-state index contributed by atoms with van der Waals surface area (Å²) >= 11 is 6.07. The van der Waals surface area contributed by atoms with Gasteiger partial charge in [-0.1, -0.05) is 12.1 Å². The van der Waals surface area contributed by atoms with Crippen molar-refractivity contribution in [1.82, 2.24) is 5.32 Å². The Labute approximate surface area is 114 Å². The fraction of sp³-hybridized carbons (Fsp3) is 0.462. The number of nitrogens with one attached hydrogen (secondary N) is 1. The highest BCUT2D eigenvalue weighted by atomic mass is 35.5. The molecule has 0 bridgehead atoms. The van der Waals surface area contributed by atoms with Crippen LogP contribution in [-0.4, -0.2) is 23.9 Å². The Morgan fingerprint density at radius 2 is 2.11 bits per heavy atom. The molecule has 0 aliphatic heterocycles. The first-order valence-corrected chi connectivity index (χ1v) is 6.50. The van der Waals surface area contributed by atoms with Gasteiger partial charge in [0, 0.05) is 6.04 Å². The number of hydrogen-bond donors (Lipinski definition) is 1. The number of alkyl halides is 3. The fourth-order valence-electron chi connectivity index (χ4n) is 2.18. The van der Waals surface area contributed by atoms with E-state index in [-0.39, 0.29) is 22.7 Å². The van der Waals surface area contributed by atoms with E-state index in [0.29, 0.717) is 0 Å². The molecule has 0 spiro atoms. The van der Waals surface area contributed by atoms with Crippen LogP contribution in [0.5, 0.6) is 5.75 Å². The normalized spacial score (nSPS) is 22.5. The molecule has 19 heavy (non-hydrogen) atoms. The van der Waals surface area contributed by atoms with E-state index < -0.39 is 12.5 Å². The highest BCUT2D eigenvalue weighted by Crippen LogP contribution is 2.25. The largest absolute Gasteiger partial charge is 0.434 e. The van der Waals surface area contributed by atoms with Crippen molar-refractivity contribution in [1.29, 1.82) is 0 Å². The van der Waals surface area contributed by atoms with Crippen LogP contribution in [0.1, 0.15) is 29.6 Å². The van der Waals surface area contributed by atoms with Crippen LogP contribution in [0.3, 0.4) is 0 Å². The third-order valence-electron chi connectivity index (χ3n) is 3.10. The summed E-state index contributed by atoms with van der Waals surface area (Å²) in [5.74, 6) is -0.562. The molecule has 3 nitrogen and oxygen atoms in total. The molecular formula is C13H14ClF2NO2. The van der Waals surface area contributed by atoms with E-state index in [4.69, 9.17) is 11.6 Å². The van der Waals surface area contributed by atoms with Crippen molar-refractivity contribution >= 4 is 17.5 Å². The standard InChI is InChI=1S/C13H14ClF2NO2/c14-9-5-3-6-10(9)17-12(18)8-4-1-2-7-11(8)19-13(15)16/h1-2,4,7,9-10,13H,3,5-6H2,(H,17,18). The molecule has 1 N–H and O–H groups in total. The topological polar surface area (TPSA) is 38.3 Å². The van der Waals surface area contributed by atoms with Crippen molar-refractivity contribution in [2.24, 2.45) is 0 Å². The van der Waals surface area contributed by atoms with Crippen molar-refractivity contribution in [3.8, 4) is 5.75 Å².